The van der Waals surface area contributed by atoms with Gasteiger partial charge >= 0.3 is 0 Å². The zero-order valence-electron chi connectivity index (χ0n) is 17.4. The van der Waals surface area contributed by atoms with Crippen LogP contribution < -0.4 is 5.32 Å². The zero-order valence-corrected chi connectivity index (χ0v) is 18.2. The Bertz CT molecular complexity index is 1140. The van der Waals surface area contributed by atoms with Crippen molar-refractivity contribution in [2.45, 2.75) is 31.7 Å². The number of nitrogens with one attached hydrogen (secondary N) is 2. The molecule has 0 atom stereocenters. The van der Waals surface area contributed by atoms with E-state index in [0.717, 1.165) is 25.2 Å². The molecular formula is C25H26N4OS. The fourth-order valence-corrected chi connectivity index (χ4v) is 5.03. The monoisotopic (exact) mass is 430 g/mol. The van der Waals surface area contributed by atoms with E-state index in [1.807, 2.05) is 5.38 Å². The van der Waals surface area contributed by atoms with Crippen LogP contribution in [0.2, 0.25) is 0 Å². The van der Waals surface area contributed by atoms with E-state index >= 15 is 0 Å². The highest BCUT2D eigenvalue weighted by Crippen LogP contribution is 2.33. The molecule has 5 nitrogen and oxygen atoms in total. The van der Waals surface area contributed by atoms with Crippen molar-refractivity contribution in [1.29, 1.82) is 0 Å². The Labute approximate surface area is 186 Å². The van der Waals surface area contributed by atoms with Crippen LogP contribution in [0.15, 0.2) is 66.3 Å². The number of aromatic nitrogens is 2. The minimum absolute atomic E-state index is 0.0259. The van der Waals surface area contributed by atoms with Crippen molar-refractivity contribution >= 4 is 33.3 Å². The number of nitrogens with zero attached hydrogens (tertiary/aromatic N) is 2. The van der Waals surface area contributed by atoms with Crippen LogP contribution in [0.1, 0.15) is 35.4 Å². The number of para-hydroxylation sites is 1. The number of rotatable bonds is 6. The molecule has 4 aromatic rings. The Morgan fingerprint density at radius 1 is 1.10 bits per heavy atom. The Balaban J connectivity index is 1.13. The van der Waals surface area contributed by atoms with Crippen LogP contribution in [0, 0.1) is 0 Å². The number of amides is 1. The van der Waals surface area contributed by atoms with Gasteiger partial charge in [0, 0.05) is 35.2 Å². The van der Waals surface area contributed by atoms with Gasteiger partial charge in [0.15, 0.2) is 5.13 Å². The third kappa shape index (κ3) is 4.70. The molecule has 1 amide bonds. The lowest BCUT2D eigenvalue weighted by atomic mass is 9.89. The van der Waals surface area contributed by atoms with Crippen molar-refractivity contribution in [2.75, 3.05) is 18.4 Å². The summed E-state index contributed by atoms with van der Waals surface area (Å²) in [4.78, 5) is 22.2. The molecule has 2 aromatic heterocycles. The Morgan fingerprint density at radius 3 is 2.65 bits per heavy atom. The van der Waals surface area contributed by atoms with Crippen LogP contribution in [0.25, 0.3) is 10.9 Å². The summed E-state index contributed by atoms with van der Waals surface area (Å²) in [6.07, 6.45) is 6.65. The summed E-state index contributed by atoms with van der Waals surface area (Å²) in [5.41, 5.74) is 5.03. The van der Waals surface area contributed by atoms with Crippen molar-refractivity contribution in [3.63, 3.8) is 0 Å². The molecule has 1 saturated heterocycles. The third-order valence-electron chi connectivity index (χ3n) is 6.12. The van der Waals surface area contributed by atoms with Crippen molar-refractivity contribution < 1.29 is 4.79 Å². The summed E-state index contributed by atoms with van der Waals surface area (Å²) >= 11 is 1.43. The van der Waals surface area contributed by atoms with E-state index in [9.17, 15) is 4.79 Å². The predicted molar refractivity (Wildman–Crippen MR) is 126 cm³/mol. The Morgan fingerprint density at radius 2 is 1.87 bits per heavy atom. The lowest BCUT2D eigenvalue weighted by molar-refractivity contribution is -0.115. The van der Waals surface area contributed by atoms with Crippen LogP contribution in [0.3, 0.4) is 0 Å². The number of hydrogen-bond donors (Lipinski definition) is 2. The molecule has 158 valence electrons. The zero-order chi connectivity index (χ0) is 21.0. The van der Waals surface area contributed by atoms with Gasteiger partial charge in [0.1, 0.15) is 0 Å². The van der Waals surface area contributed by atoms with E-state index < -0.39 is 0 Å². The fourth-order valence-electron chi connectivity index (χ4n) is 4.49. The SMILES string of the molecule is O=C(Cc1ccc(CN2CCC(c3c[nH]c4ccccc34)CC2)cc1)Nc1nccs1. The molecule has 0 spiro atoms. The minimum Gasteiger partial charge on any atom is -0.361 e. The van der Waals surface area contributed by atoms with E-state index in [4.69, 9.17) is 0 Å². The topological polar surface area (TPSA) is 61.0 Å². The van der Waals surface area contributed by atoms with Gasteiger partial charge in [0.2, 0.25) is 5.91 Å². The largest absolute Gasteiger partial charge is 0.361 e. The van der Waals surface area contributed by atoms with Gasteiger partial charge in [-0.2, -0.15) is 0 Å². The van der Waals surface area contributed by atoms with E-state index in [1.54, 1.807) is 6.20 Å². The first-order valence-corrected chi connectivity index (χ1v) is 11.7. The standard InChI is InChI=1S/C25H26N4OS/c30-24(28-25-26-11-14-31-25)15-18-5-7-19(8-6-18)17-29-12-9-20(10-13-29)22-16-27-23-4-2-1-3-21(22)23/h1-8,11,14,16,20,27H,9-10,12-13,15,17H2,(H,26,28,30). The number of carbonyl (C=O) groups is 1. The van der Waals surface area contributed by atoms with Crippen LogP contribution in [-0.2, 0) is 17.8 Å². The molecule has 1 aliphatic heterocycles. The predicted octanol–water partition coefficient (Wildman–Crippen LogP) is 5.19. The molecule has 5 rings (SSSR count). The number of hydrogen-bond acceptors (Lipinski definition) is 4. The first-order valence-electron chi connectivity index (χ1n) is 10.8. The number of likely N-dealkylation sites (tertiary alicyclic amines) is 1. The lowest BCUT2D eigenvalue weighted by Crippen LogP contribution is -2.32. The maximum atomic E-state index is 12.1. The average molecular weight is 431 g/mol. The van der Waals surface area contributed by atoms with E-state index in [2.05, 4.69) is 74.9 Å². The summed E-state index contributed by atoms with van der Waals surface area (Å²) in [5, 5.41) is 6.71. The number of benzene rings is 2. The molecule has 6 heteroatoms. The summed E-state index contributed by atoms with van der Waals surface area (Å²) in [5.74, 6) is 0.605. The number of piperidine rings is 1. The number of H-pyrrole nitrogens is 1. The van der Waals surface area contributed by atoms with Crippen molar-refractivity contribution in [1.82, 2.24) is 14.9 Å². The first kappa shape index (κ1) is 20.0. The lowest BCUT2D eigenvalue weighted by Gasteiger charge is -2.32. The maximum Gasteiger partial charge on any atom is 0.230 e. The molecule has 1 aliphatic rings. The van der Waals surface area contributed by atoms with E-state index in [-0.39, 0.29) is 5.91 Å². The maximum absolute atomic E-state index is 12.1. The van der Waals surface area contributed by atoms with Gasteiger partial charge < -0.3 is 10.3 Å². The quantitative estimate of drug-likeness (QED) is 0.443. The molecular weight excluding hydrogens is 404 g/mol. The number of thiazole rings is 1. The Hall–Kier alpha value is -2.96. The minimum atomic E-state index is -0.0259. The fraction of sp³-hybridized carbons (Fsp3) is 0.280. The highest BCUT2D eigenvalue weighted by Gasteiger charge is 2.22. The van der Waals surface area contributed by atoms with E-state index in [0.29, 0.717) is 17.5 Å². The van der Waals surface area contributed by atoms with Crippen LogP contribution in [-0.4, -0.2) is 33.9 Å². The van der Waals surface area contributed by atoms with Gasteiger partial charge in [0.25, 0.3) is 0 Å². The summed E-state index contributed by atoms with van der Waals surface area (Å²) in [7, 11) is 0. The highest BCUT2D eigenvalue weighted by atomic mass is 32.1. The van der Waals surface area contributed by atoms with Gasteiger partial charge in [0.05, 0.1) is 6.42 Å². The molecule has 2 N–H and O–H groups in total. The van der Waals surface area contributed by atoms with Crippen molar-refractivity contribution in [3.05, 3.63) is 83.0 Å². The summed E-state index contributed by atoms with van der Waals surface area (Å²) in [6, 6.07) is 17.0. The summed E-state index contributed by atoms with van der Waals surface area (Å²) in [6.45, 7) is 3.19. The van der Waals surface area contributed by atoms with Gasteiger partial charge in [-0.3, -0.25) is 9.69 Å². The number of carbonyl (C=O) groups excluding carboxylic acids is 1. The highest BCUT2D eigenvalue weighted by molar-refractivity contribution is 7.13. The average Bonchev–Trinajstić information content (AvgIpc) is 3.46. The second-order valence-electron chi connectivity index (χ2n) is 8.22. The number of fused-ring (bicyclic) bond motifs is 1. The summed E-state index contributed by atoms with van der Waals surface area (Å²) < 4.78 is 0. The third-order valence-corrected chi connectivity index (χ3v) is 6.81. The van der Waals surface area contributed by atoms with Gasteiger partial charge in [-0.15, -0.1) is 11.3 Å². The smallest absolute Gasteiger partial charge is 0.230 e. The van der Waals surface area contributed by atoms with Crippen LogP contribution in [0.4, 0.5) is 5.13 Å². The van der Waals surface area contributed by atoms with Gasteiger partial charge in [-0.25, -0.2) is 4.98 Å². The number of anilines is 1. The normalized spacial score (nSPS) is 15.4. The van der Waals surface area contributed by atoms with E-state index in [1.165, 1.54) is 46.2 Å². The molecule has 3 heterocycles. The molecule has 0 aliphatic carbocycles. The van der Waals surface area contributed by atoms with Crippen molar-refractivity contribution in [3.8, 4) is 0 Å². The number of aromatic amines is 1. The van der Waals surface area contributed by atoms with Crippen LogP contribution >= 0.6 is 11.3 Å². The molecule has 0 radical (unpaired) electrons. The molecule has 31 heavy (non-hydrogen) atoms. The molecule has 0 saturated carbocycles. The molecule has 2 aromatic carbocycles. The molecule has 1 fully saturated rings. The van der Waals surface area contributed by atoms with Crippen molar-refractivity contribution in [2.24, 2.45) is 0 Å². The van der Waals surface area contributed by atoms with Gasteiger partial charge in [-0.1, -0.05) is 42.5 Å². The second kappa shape index (κ2) is 9.04. The first-order chi connectivity index (χ1) is 15.2. The Kier molecular flexibility index (Phi) is 5.82. The second-order valence-corrected chi connectivity index (χ2v) is 9.11. The van der Waals surface area contributed by atoms with Gasteiger partial charge in [-0.05, 0) is 54.6 Å². The van der Waals surface area contributed by atoms with Crippen LogP contribution in [0.5, 0.6) is 0 Å². The molecule has 0 bridgehead atoms. The molecule has 0 unspecified atom stereocenters.